The van der Waals surface area contributed by atoms with Gasteiger partial charge in [0.2, 0.25) is 0 Å². The summed E-state index contributed by atoms with van der Waals surface area (Å²) in [6.07, 6.45) is 0.252. The molecule has 1 aliphatic rings. The lowest BCUT2D eigenvalue weighted by molar-refractivity contribution is 0.110. The second kappa shape index (κ2) is 7.47. The van der Waals surface area contributed by atoms with E-state index in [1.165, 1.54) is 0 Å². The quantitative estimate of drug-likeness (QED) is 0.558. The molecule has 0 aromatic carbocycles. The van der Waals surface area contributed by atoms with E-state index >= 15 is 0 Å². The van der Waals surface area contributed by atoms with Gasteiger partial charge in [0.1, 0.15) is 22.9 Å². The van der Waals surface area contributed by atoms with Gasteiger partial charge < -0.3 is 9.47 Å². The molecule has 0 bridgehead atoms. The van der Waals surface area contributed by atoms with Crippen molar-refractivity contribution < 1.29 is 22.0 Å². The molecule has 98 valence electrons. The molecule has 16 heavy (non-hydrogen) atoms. The normalized spacial score (nSPS) is 21.1. The van der Waals surface area contributed by atoms with Gasteiger partial charge in [-0.1, -0.05) is 0 Å². The van der Waals surface area contributed by atoms with E-state index in [2.05, 4.69) is 0 Å². The third-order valence-electron chi connectivity index (χ3n) is 1.83. The van der Waals surface area contributed by atoms with Gasteiger partial charge in [-0.25, -0.2) is 0 Å². The predicted octanol–water partition coefficient (Wildman–Crippen LogP) is 2.02. The van der Waals surface area contributed by atoms with E-state index in [9.17, 15) is 0 Å². The Bertz CT molecular complexity index is 169. The van der Waals surface area contributed by atoms with Crippen molar-refractivity contribution in [2.24, 2.45) is 0 Å². The molecule has 0 N–H and O–H groups in total. The maximum absolute atomic E-state index is 5.59. The Labute approximate surface area is 99.3 Å². The van der Waals surface area contributed by atoms with Crippen LogP contribution in [-0.2, 0) is 22.0 Å². The van der Waals surface area contributed by atoms with Crippen LogP contribution in [0.1, 0.15) is 20.8 Å². The van der Waals surface area contributed by atoms with E-state index in [1.807, 2.05) is 20.8 Å². The number of rotatable bonds is 10. The van der Waals surface area contributed by atoms with E-state index in [4.69, 9.17) is 22.0 Å². The molecule has 1 rings (SSSR count). The van der Waals surface area contributed by atoms with Crippen LogP contribution >= 0.6 is 10.9 Å². The smallest absolute Gasteiger partial charge is 0.145 e. The van der Waals surface area contributed by atoms with Crippen LogP contribution in [0.25, 0.3) is 0 Å². The summed E-state index contributed by atoms with van der Waals surface area (Å²) in [4.78, 5) is 0. The zero-order chi connectivity index (χ0) is 11.9. The van der Waals surface area contributed by atoms with Gasteiger partial charge in [0.15, 0.2) is 0 Å². The van der Waals surface area contributed by atoms with E-state index < -0.39 is 10.9 Å². The second-order valence-corrected chi connectivity index (χ2v) is 5.28. The van der Waals surface area contributed by atoms with Crippen molar-refractivity contribution in [1.82, 2.24) is 0 Å². The van der Waals surface area contributed by atoms with Crippen LogP contribution in [0.15, 0.2) is 0 Å². The van der Waals surface area contributed by atoms with E-state index in [-0.39, 0.29) is 6.10 Å². The Morgan fingerprint density at radius 3 is 1.94 bits per heavy atom. The molecule has 1 unspecified atom stereocenters. The van der Waals surface area contributed by atoms with Gasteiger partial charge in [-0.05, 0) is 20.8 Å². The average Bonchev–Trinajstić information content (AvgIpc) is 3.03. The lowest BCUT2D eigenvalue weighted by atomic mass is 10.5. The molecule has 1 fully saturated rings. The fourth-order valence-electron chi connectivity index (χ4n) is 1.19. The first-order valence-corrected chi connectivity index (χ1v) is 7.27. The lowest BCUT2D eigenvalue weighted by Gasteiger charge is -2.35. The van der Waals surface area contributed by atoms with E-state index in [0.717, 1.165) is 6.61 Å². The molecule has 6 heteroatoms. The van der Waals surface area contributed by atoms with Crippen molar-refractivity contribution in [3.8, 4) is 0 Å². The zero-order valence-corrected chi connectivity index (χ0v) is 11.1. The van der Waals surface area contributed by atoms with Crippen molar-refractivity contribution in [2.75, 3.05) is 39.0 Å². The third kappa shape index (κ3) is 4.99. The maximum atomic E-state index is 5.59. The molecule has 1 saturated heterocycles. The fourth-order valence-corrected chi connectivity index (χ4v) is 2.97. The van der Waals surface area contributed by atoms with Crippen LogP contribution in [0, 0.1) is 0 Å². The van der Waals surface area contributed by atoms with Crippen LogP contribution in [-0.4, -0.2) is 45.1 Å². The maximum Gasteiger partial charge on any atom is 0.145 e. The summed E-state index contributed by atoms with van der Waals surface area (Å²) in [7, 11) is -1.99. The Morgan fingerprint density at radius 1 is 1.06 bits per heavy atom. The summed E-state index contributed by atoms with van der Waals surface area (Å²) in [5.41, 5.74) is 0. The van der Waals surface area contributed by atoms with Gasteiger partial charge in [-0.3, -0.25) is 12.5 Å². The van der Waals surface area contributed by atoms with Crippen molar-refractivity contribution >= 4 is 10.9 Å². The molecule has 1 aliphatic heterocycles. The van der Waals surface area contributed by atoms with Gasteiger partial charge in [0, 0.05) is 0 Å². The average molecular weight is 254 g/mol. The van der Waals surface area contributed by atoms with Gasteiger partial charge in [0.25, 0.3) is 0 Å². The summed E-state index contributed by atoms with van der Waals surface area (Å²) in [5, 5.41) is 0. The molecular formula is C10H22O5S. The first-order valence-electron chi connectivity index (χ1n) is 5.69. The largest absolute Gasteiger partial charge is 0.371 e. The Hall–Kier alpha value is 0.150. The Kier molecular flexibility index (Phi) is 6.64. The summed E-state index contributed by atoms with van der Waals surface area (Å²) in [6, 6.07) is 0. The minimum Gasteiger partial charge on any atom is -0.371 e. The van der Waals surface area contributed by atoms with Gasteiger partial charge in [-0.15, -0.1) is 0 Å². The summed E-state index contributed by atoms with van der Waals surface area (Å²) in [6.45, 7) is 8.80. The molecule has 0 aromatic heterocycles. The van der Waals surface area contributed by atoms with Crippen LogP contribution in [0.5, 0.6) is 0 Å². The molecule has 0 amide bonds. The predicted molar refractivity (Wildman–Crippen MR) is 63.0 cm³/mol. The number of hydrogen-bond acceptors (Lipinski definition) is 5. The highest BCUT2D eigenvalue weighted by atomic mass is 32.3. The number of ether oxygens (including phenoxy) is 2. The molecule has 5 nitrogen and oxygen atoms in total. The van der Waals surface area contributed by atoms with Crippen molar-refractivity contribution in [1.29, 1.82) is 0 Å². The molecule has 0 aliphatic carbocycles. The van der Waals surface area contributed by atoms with Gasteiger partial charge in [-0.2, -0.15) is 0 Å². The molecule has 1 heterocycles. The van der Waals surface area contributed by atoms with Crippen LogP contribution in [0.3, 0.4) is 0 Å². The van der Waals surface area contributed by atoms with E-state index in [1.54, 1.807) is 0 Å². The Balaban J connectivity index is 2.36. The summed E-state index contributed by atoms with van der Waals surface area (Å²) in [5.74, 6) is 0.350. The highest BCUT2D eigenvalue weighted by Gasteiger charge is 2.29. The van der Waals surface area contributed by atoms with Crippen molar-refractivity contribution in [3.63, 3.8) is 0 Å². The molecule has 0 saturated carbocycles. The number of epoxide rings is 1. The topological polar surface area (TPSA) is 49.5 Å². The van der Waals surface area contributed by atoms with Crippen LogP contribution in [0.2, 0.25) is 0 Å². The third-order valence-corrected chi connectivity index (χ3v) is 4.07. The zero-order valence-electron chi connectivity index (χ0n) is 10.3. The first kappa shape index (κ1) is 14.2. The minimum atomic E-state index is -1.99. The summed E-state index contributed by atoms with van der Waals surface area (Å²) < 4.78 is 27.3. The molecule has 0 aromatic rings. The monoisotopic (exact) mass is 254 g/mol. The lowest BCUT2D eigenvalue weighted by Crippen LogP contribution is -2.19. The molecule has 1 atom stereocenters. The van der Waals surface area contributed by atoms with Crippen molar-refractivity contribution in [3.05, 3.63) is 0 Å². The fraction of sp³-hybridized carbons (Fsp3) is 1.00. The van der Waals surface area contributed by atoms with Crippen molar-refractivity contribution in [2.45, 2.75) is 26.9 Å². The first-order chi connectivity index (χ1) is 7.76. The second-order valence-electron chi connectivity index (χ2n) is 3.22. The SMILES string of the molecule is CCOS(COCC1CO1)(OCC)OCC. The molecule has 0 radical (unpaired) electrons. The molecule has 0 spiro atoms. The summed E-state index contributed by atoms with van der Waals surface area (Å²) >= 11 is 0. The minimum absolute atomic E-state index is 0.252. The number of hydrogen-bond donors (Lipinski definition) is 0. The van der Waals surface area contributed by atoms with Crippen LogP contribution < -0.4 is 0 Å². The molecular weight excluding hydrogens is 232 g/mol. The van der Waals surface area contributed by atoms with E-state index in [0.29, 0.717) is 32.4 Å². The van der Waals surface area contributed by atoms with Crippen LogP contribution in [0.4, 0.5) is 0 Å². The van der Waals surface area contributed by atoms with Gasteiger partial charge >= 0.3 is 0 Å². The standard InChI is InChI=1S/C10H22O5S/c1-4-13-16(14-5-2,15-6-3)9-11-7-10-8-12-10/h10H,4-9H2,1-3H3. The van der Waals surface area contributed by atoms with Gasteiger partial charge in [0.05, 0.1) is 33.0 Å². The highest BCUT2D eigenvalue weighted by Crippen LogP contribution is 2.51. The Morgan fingerprint density at radius 2 is 1.56 bits per heavy atom. The highest BCUT2D eigenvalue weighted by molar-refractivity contribution is 8.21.